The largest absolute Gasteiger partial charge is 0.508 e. The highest BCUT2D eigenvalue weighted by atomic mass is 32.2. The first kappa shape index (κ1) is 71.0. The number of unbranched alkanes of at least 4 members (excludes halogenated alkanes) is 1. The molecule has 0 aliphatic carbocycles. The molecule has 10 amide bonds. The molecule has 0 saturated carbocycles. The first-order chi connectivity index (χ1) is 46.3. The van der Waals surface area contributed by atoms with Crippen LogP contribution in [0, 0.1) is 5.82 Å². The molecule has 8 atom stereocenters. The number of aromatic nitrogens is 1. The topological polar surface area (TPSA) is 349 Å². The average Bonchev–Trinajstić information content (AvgIpc) is 1.55. The summed E-state index contributed by atoms with van der Waals surface area (Å²) >= 11 is 2.88. The first-order valence-corrected chi connectivity index (χ1v) is 34.7. The number of hydrogen-bond donors (Lipinski definition) is 11. The summed E-state index contributed by atoms with van der Waals surface area (Å²) in [5.41, 5.74) is 17.5. The van der Waals surface area contributed by atoms with Crippen molar-refractivity contribution in [2.45, 2.75) is 137 Å². The minimum absolute atomic E-state index is 0.0345. The van der Waals surface area contributed by atoms with Crippen LogP contribution in [0.5, 0.6) is 5.75 Å². The molecule has 26 heteroatoms. The molecule has 3 aliphatic rings. The Balaban J connectivity index is 1.00. The maximum Gasteiger partial charge on any atom is 0.246 e. The number of benzene rings is 5. The Hall–Kier alpha value is -9.27. The van der Waals surface area contributed by atoms with Gasteiger partial charge in [0.2, 0.25) is 59.1 Å². The molecule has 508 valence electrons. The number of halogens is 1. The molecule has 9 rings (SSSR count). The number of thioether (sulfide) groups is 2. The average molecular weight is 1350 g/mol. The van der Waals surface area contributed by atoms with E-state index >= 15 is 9.59 Å². The molecule has 2 bridgehead atoms. The number of hydrogen-bond acceptors (Lipinski definition) is 14. The van der Waals surface area contributed by atoms with Gasteiger partial charge in [0.1, 0.15) is 59.9 Å². The molecule has 0 spiro atoms. The molecule has 23 nitrogen and oxygen atoms in total. The van der Waals surface area contributed by atoms with Crippen molar-refractivity contribution in [1.29, 1.82) is 0 Å². The minimum Gasteiger partial charge on any atom is -0.508 e. The van der Waals surface area contributed by atoms with Gasteiger partial charge in [0.15, 0.2) is 0 Å². The van der Waals surface area contributed by atoms with Crippen LogP contribution in [-0.4, -0.2) is 165 Å². The van der Waals surface area contributed by atoms with Crippen LogP contribution < -0.4 is 48.7 Å². The number of H-pyrrole nitrogens is 1. The number of phenols is 1. The molecule has 1 aromatic heterocycles. The predicted molar refractivity (Wildman–Crippen MR) is 365 cm³/mol. The summed E-state index contributed by atoms with van der Waals surface area (Å²) in [7, 11) is 0. The van der Waals surface area contributed by atoms with Gasteiger partial charge in [-0.15, -0.1) is 0 Å². The van der Waals surface area contributed by atoms with Crippen molar-refractivity contribution in [1.82, 2.24) is 52.0 Å². The number of carbonyl (C=O) groups is 10. The molecule has 96 heavy (non-hydrogen) atoms. The van der Waals surface area contributed by atoms with Crippen molar-refractivity contribution < 1.29 is 57.4 Å². The number of amides is 10. The van der Waals surface area contributed by atoms with Gasteiger partial charge < -0.3 is 68.6 Å². The normalized spacial score (nSPS) is 23.1. The predicted octanol–water partition coefficient (Wildman–Crippen LogP) is 3.92. The van der Waals surface area contributed by atoms with E-state index in [2.05, 4.69) is 42.2 Å². The SMILES string of the molecule is C[C@@H]1NC(=O)[C@@H]2CCCN2C(=O)[C@H](Cc2ccc(-c3ccccc3)cc2)NC(=O)[C@H](Cc2c[nH]c3ccc(F)cc23)NC(=O)CNC(=O)[C@H](CCCCN)NC(=O)CCSCc2cccc(c2)CSC[C@@H](C(N)=O)NC(=O)[C@@H]2CCCN2C(=O)[C@H](Cc2ccc(O)cc2)NC1=O. The Bertz CT molecular complexity index is 3750. The number of aromatic amines is 1. The van der Waals surface area contributed by atoms with Crippen LogP contribution in [0.15, 0.2) is 128 Å². The highest BCUT2D eigenvalue weighted by molar-refractivity contribution is 7.98. The quantitative estimate of drug-likeness (QED) is 0.0774. The van der Waals surface area contributed by atoms with Crippen LogP contribution in [-0.2, 0) is 78.7 Å². The van der Waals surface area contributed by atoms with Crippen LogP contribution in [0.2, 0.25) is 0 Å². The molecule has 13 N–H and O–H groups in total. The number of phenolic OH excluding ortho intramolecular Hbond substituents is 1. The lowest BCUT2D eigenvalue weighted by molar-refractivity contribution is -0.143. The Morgan fingerprint density at radius 3 is 1.85 bits per heavy atom. The molecular weight excluding hydrogens is 1270 g/mol. The first-order valence-electron chi connectivity index (χ1n) is 32.4. The molecule has 3 aliphatic heterocycles. The van der Waals surface area contributed by atoms with Crippen molar-refractivity contribution in [3.63, 3.8) is 0 Å². The van der Waals surface area contributed by atoms with Gasteiger partial charge in [0.05, 0.1) is 6.54 Å². The van der Waals surface area contributed by atoms with Gasteiger partial charge in [-0.3, -0.25) is 47.9 Å². The highest BCUT2D eigenvalue weighted by Gasteiger charge is 2.42. The second-order valence-electron chi connectivity index (χ2n) is 24.4. The van der Waals surface area contributed by atoms with E-state index in [1.54, 1.807) is 18.3 Å². The number of fused-ring (bicyclic) bond motifs is 5. The summed E-state index contributed by atoms with van der Waals surface area (Å²) in [6, 6.07) is 25.1. The molecule has 0 radical (unpaired) electrons. The monoisotopic (exact) mass is 1350 g/mol. The smallest absolute Gasteiger partial charge is 0.246 e. The molecule has 6 aromatic rings. The van der Waals surface area contributed by atoms with E-state index in [-0.39, 0.29) is 69.5 Å². The van der Waals surface area contributed by atoms with Crippen LogP contribution >= 0.6 is 23.5 Å². The fourth-order valence-electron chi connectivity index (χ4n) is 12.2. The molecule has 2 fully saturated rings. The van der Waals surface area contributed by atoms with Crippen LogP contribution in [0.25, 0.3) is 22.0 Å². The maximum atomic E-state index is 15.3. The van der Waals surface area contributed by atoms with Crippen molar-refractivity contribution in [2.24, 2.45) is 11.5 Å². The van der Waals surface area contributed by atoms with Crippen LogP contribution in [0.3, 0.4) is 0 Å². The lowest BCUT2D eigenvalue weighted by Crippen LogP contribution is -2.60. The van der Waals surface area contributed by atoms with E-state index in [1.165, 1.54) is 70.6 Å². The van der Waals surface area contributed by atoms with Crippen molar-refractivity contribution in [3.8, 4) is 16.9 Å². The number of carbonyl (C=O) groups excluding carboxylic acids is 10. The van der Waals surface area contributed by atoms with Crippen LogP contribution in [0.4, 0.5) is 4.39 Å². The van der Waals surface area contributed by atoms with Gasteiger partial charge in [-0.2, -0.15) is 23.5 Å². The fraction of sp³-hybridized carbons (Fsp3) is 0.400. The van der Waals surface area contributed by atoms with Crippen molar-refractivity contribution in [2.75, 3.05) is 37.7 Å². The van der Waals surface area contributed by atoms with E-state index in [0.717, 1.165) is 22.3 Å². The van der Waals surface area contributed by atoms with E-state index in [1.807, 2.05) is 78.9 Å². The minimum atomic E-state index is -1.45. The van der Waals surface area contributed by atoms with E-state index in [0.29, 0.717) is 77.1 Å². The summed E-state index contributed by atoms with van der Waals surface area (Å²) in [5, 5.41) is 29.9. The Morgan fingerprint density at radius 1 is 0.604 bits per heavy atom. The molecule has 2 saturated heterocycles. The van der Waals surface area contributed by atoms with E-state index in [4.69, 9.17) is 11.5 Å². The standard InChI is InChI=1S/C70H83FN12O11S2/c1-42-64(88)79-56(34-44-19-24-51(84)25-20-44)69(93)83-30-9-16-60(83)68(92)81-58(63(73)87)41-96-40-46-11-7-10-45(32-46)39-95-31-27-61(85)77-54(14-5-6-28-72)65(89)75-38-62(86)78-55(35-49-37-74-53-26-23-50(71)36-52(49)53)66(90)80-57(70(94)82-29-8-15-59(82)67(91)76-42)33-43-17-21-48(22-18-43)47-12-3-2-4-13-47/h2-4,7,10-13,17-26,32,36-37,42,54-60,74,84H,5-6,8-9,14-16,27-31,33-35,38-41,72H2,1H3,(H2,73,87)(H,75,89)(H,76,91)(H,77,85)(H,78,86)(H,79,88)(H,80,90)(H,81,92)/t42-,54-,55-,56-,57-,58-,59-,60-/m0/s1. The number of rotatable bonds is 12. The van der Waals surface area contributed by atoms with Gasteiger partial charge in [0, 0.05) is 78.9 Å². The molecule has 0 unspecified atom stereocenters. The number of nitrogens with zero attached hydrogens (tertiary/aromatic N) is 2. The Labute approximate surface area is 564 Å². The summed E-state index contributed by atoms with van der Waals surface area (Å²) in [5.74, 6) is -5.87. The fourth-order valence-corrected chi connectivity index (χ4v) is 14.1. The number of nitrogens with one attached hydrogen (secondary N) is 8. The van der Waals surface area contributed by atoms with Gasteiger partial charge in [-0.1, -0.05) is 91.0 Å². The second-order valence-corrected chi connectivity index (χ2v) is 26.6. The van der Waals surface area contributed by atoms with Gasteiger partial charge in [-0.25, -0.2) is 4.39 Å². The van der Waals surface area contributed by atoms with E-state index in [9.17, 15) is 47.9 Å². The van der Waals surface area contributed by atoms with E-state index < -0.39 is 120 Å². The summed E-state index contributed by atoms with van der Waals surface area (Å²) in [4.78, 5) is 148. The van der Waals surface area contributed by atoms with Gasteiger partial charge in [0.25, 0.3) is 0 Å². The summed E-state index contributed by atoms with van der Waals surface area (Å²) in [6.45, 7) is 1.35. The van der Waals surface area contributed by atoms with Crippen molar-refractivity contribution in [3.05, 3.63) is 161 Å². The maximum absolute atomic E-state index is 15.3. The van der Waals surface area contributed by atoms with Gasteiger partial charge in [-0.05, 0) is 128 Å². The lowest BCUT2D eigenvalue weighted by Gasteiger charge is -2.31. The number of primary amides is 1. The van der Waals surface area contributed by atoms with Gasteiger partial charge >= 0.3 is 0 Å². The third kappa shape index (κ3) is 19.7. The van der Waals surface area contributed by atoms with Crippen LogP contribution in [0.1, 0.15) is 86.1 Å². The lowest BCUT2D eigenvalue weighted by atomic mass is 9.99. The Morgan fingerprint density at radius 2 is 1.21 bits per heavy atom. The van der Waals surface area contributed by atoms with Crippen molar-refractivity contribution >= 4 is 93.5 Å². The second kappa shape index (κ2) is 34.4. The Kier molecular flexibility index (Phi) is 25.5. The molecular formula is C70H83FN12O11S2. The highest BCUT2D eigenvalue weighted by Crippen LogP contribution is 2.27. The summed E-state index contributed by atoms with van der Waals surface area (Å²) in [6.07, 6.45) is 3.70. The third-order valence-electron chi connectivity index (χ3n) is 17.3. The zero-order valence-corrected chi connectivity index (χ0v) is 55.1. The zero-order valence-electron chi connectivity index (χ0n) is 53.5. The summed E-state index contributed by atoms with van der Waals surface area (Å²) < 4.78 is 14.8. The third-order valence-corrected chi connectivity index (χ3v) is 19.4. The molecule has 4 heterocycles. The number of nitrogens with two attached hydrogens (primary N) is 2. The molecule has 5 aromatic carbocycles. The zero-order chi connectivity index (χ0) is 68.3. The number of aromatic hydroxyl groups is 1.